The van der Waals surface area contributed by atoms with Crippen LogP contribution in [-0.4, -0.2) is 50.8 Å². The first-order chi connectivity index (χ1) is 16.4. The number of urea groups is 1. The van der Waals surface area contributed by atoms with Crippen molar-refractivity contribution < 1.29 is 9.90 Å². The number of nitrogens with one attached hydrogen (secondary N) is 4. The molecule has 180 valence electrons. The standard InChI is InChI=1S/C24H31N7O2S/c1-14(2)28-24-27-13-21(34-24)20-10-19(30-22(31-20)25-11-15(3)32)18-7-5-4-6-16(18)12-26-23(33)29-17-8-9-17/h4-7,10,13-15,17,32H,8-9,11-12H2,1-3H3,(H,27,28)(H,25,30,31)(H2,26,29,33). The summed E-state index contributed by atoms with van der Waals surface area (Å²) in [7, 11) is 0. The van der Waals surface area contributed by atoms with E-state index in [2.05, 4.69) is 45.1 Å². The number of carbonyl (C=O) groups is 1. The smallest absolute Gasteiger partial charge is 0.315 e. The lowest BCUT2D eigenvalue weighted by Gasteiger charge is -2.14. The normalized spacial score (nSPS) is 14.0. The van der Waals surface area contributed by atoms with E-state index in [-0.39, 0.29) is 12.1 Å². The highest BCUT2D eigenvalue weighted by molar-refractivity contribution is 7.18. The monoisotopic (exact) mass is 481 g/mol. The maximum atomic E-state index is 12.1. The number of amides is 2. The third-order valence-electron chi connectivity index (χ3n) is 5.10. The molecule has 0 saturated heterocycles. The van der Waals surface area contributed by atoms with Gasteiger partial charge in [-0.05, 0) is 45.2 Å². The van der Waals surface area contributed by atoms with E-state index in [9.17, 15) is 9.90 Å². The predicted octanol–water partition coefficient (Wildman–Crippen LogP) is 3.84. The molecule has 0 aliphatic heterocycles. The lowest BCUT2D eigenvalue weighted by molar-refractivity contribution is 0.208. The Morgan fingerprint density at radius 3 is 2.68 bits per heavy atom. The van der Waals surface area contributed by atoms with Crippen molar-refractivity contribution in [3.63, 3.8) is 0 Å². The van der Waals surface area contributed by atoms with Crippen molar-refractivity contribution in [3.8, 4) is 21.8 Å². The van der Waals surface area contributed by atoms with Crippen LogP contribution in [0.2, 0.25) is 0 Å². The summed E-state index contributed by atoms with van der Waals surface area (Å²) in [6.07, 6.45) is 3.35. The van der Waals surface area contributed by atoms with E-state index in [0.29, 0.717) is 25.1 Å². The van der Waals surface area contributed by atoms with E-state index < -0.39 is 6.10 Å². The molecule has 10 heteroatoms. The first-order valence-corrected chi connectivity index (χ1v) is 12.4. The fourth-order valence-corrected chi connectivity index (χ4v) is 4.22. The van der Waals surface area contributed by atoms with E-state index in [1.807, 2.05) is 30.3 Å². The van der Waals surface area contributed by atoms with E-state index >= 15 is 0 Å². The second-order valence-electron chi connectivity index (χ2n) is 8.78. The number of thiazole rings is 1. The van der Waals surface area contributed by atoms with Gasteiger partial charge >= 0.3 is 6.03 Å². The van der Waals surface area contributed by atoms with Crippen LogP contribution < -0.4 is 21.3 Å². The van der Waals surface area contributed by atoms with Gasteiger partial charge < -0.3 is 26.4 Å². The number of aliphatic hydroxyl groups is 1. The molecule has 1 atom stereocenters. The van der Waals surface area contributed by atoms with E-state index in [1.54, 1.807) is 13.1 Å². The van der Waals surface area contributed by atoms with E-state index in [1.165, 1.54) is 11.3 Å². The number of rotatable bonds is 10. The predicted molar refractivity (Wildman–Crippen MR) is 136 cm³/mol. The summed E-state index contributed by atoms with van der Waals surface area (Å²) >= 11 is 1.53. The van der Waals surface area contributed by atoms with Gasteiger partial charge in [-0.1, -0.05) is 35.6 Å². The summed E-state index contributed by atoms with van der Waals surface area (Å²) in [5, 5.41) is 22.9. The molecule has 1 saturated carbocycles. The van der Waals surface area contributed by atoms with Gasteiger partial charge in [0, 0.05) is 36.9 Å². The van der Waals surface area contributed by atoms with Crippen LogP contribution in [0, 0.1) is 0 Å². The van der Waals surface area contributed by atoms with Gasteiger partial charge in [-0.25, -0.2) is 19.7 Å². The first-order valence-electron chi connectivity index (χ1n) is 11.5. The van der Waals surface area contributed by atoms with Gasteiger partial charge in [0.1, 0.15) is 0 Å². The van der Waals surface area contributed by atoms with Crippen molar-refractivity contribution in [3.05, 3.63) is 42.1 Å². The van der Waals surface area contributed by atoms with Crippen LogP contribution >= 0.6 is 11.3 Å². The Labute approximate surface area is 203 Å². The topological polar surface area (TPSA) is 124 Å². The molecule has 2 heterocycles. The molecule has 5 N–H and O–H groups in total. The van der Waals surface area contributed by atoms with Crippen molar-refractivity contribution in [2.45, 2.75) is 58.3 Å². The first kappa shape index (κ1) is 23.9. The highest BCUT2D eigenvalue weighted by atomic mass is 32.1. The summed E-state index contributed by atoms with van der Waals surface area (Å²) in [5.41, 5.74) is 3.32. The highest BCUT2D eigenvalue weighted by Gasteiger charge is 2.23. The van der Waals surface area contributed by atoms with Crippen LogP contribution in [0.5, 0.6) is 0 Å². The number of aliphatic hydroxyl groups excluding tert-OH is 1. The van der Waals surface area contributed by atoms with Crippen LogP contribution in [0.1, 0.15) is 39.2 Å². The largest absolute Gasteiger partial charge is 0.392 e. The number of nitrogens with zero attached hydrogens (tertiary/aromatic N) is 3. The molecule has 1 aliphatic rings. The Kier molecular flexibility index (Phi) is 7.59. The molecular formula is C24H31N7O2S. The van der Waals surface area contributed by atoms with Crippen molar-refractivity contribution in [1.29, 1.82) is 0 Å². The molecule has 1 unspecified atom stereocenters. The fraction of sp³-hybridized carbons (Fsp3) is 0.417. The Morgan fingerprint density at radius 1 is 1.18 bits per heavy atom. The van der Waals surface area contributed by atoms with Crippen molar-refractivity contribution in [2.24, 2.45) is 0 Å². The van der Waals surface area contributed by atoms with Crippen LogP contribution in [0.3, 0.4) is 0 Å². The Hall–Kier alpha value is -3.24. The second-order valence-corrected chi connectivity index (χ2v) is 9.81. The molecule has 0 bridgehead atoms. The van der Waals surface area contributed by atoms with Gasteiger partial charge in [0.15, 0.2) is 5.13 Å². The molecule has 1 fully saturated rings. The minimum Gasteiger partial charge on any atom is -0.392 e. The Morgan fingerprint density at radius 2 is 1.94 bits per heavy atom. The van der Waals surface area contributed by atoms with E-state index in [0.717, 1.165) is 45.4 Å². The average Bonchev–Trinajstić information content (AvgIpc) is 3.50. The maximum Gasteiger partial charge on any atom is 0.315 e. The molecular weight excluding hydrogens is 450 g/mol. The minimum absolute atomic E-state index is 0.158. The molecule has 0 spiro atoms. The summed E-state index contributed by atoms with van der Waals surface area (Å²) in [5.74, 6) is 0.425. The van der Waals surface area contributed by atoms with Gasteiger partial charge in [0.05, 0.1) is 22.4 Å². The van der Waals surface area contributed by atoms with Crippen LogP contribution in [0.15, 0.2) is 36.5 Å². The zero-order chi connectivity index (χ0) is 24.1. The van der Waals surface area contributed by atoms with Crippen LogP contribution in [0.4, 0.5) is 15.9 Å². The number of carbonyl (C=O) groups excluding carboxylic acids is 1. The molecule has 1 aliphatic carbocycles. The molecule has 0 radical (unpaired) electrons. The molecule has 9 nitrogen and oxygen atoms in total. The molecule has 4 rings (SSSR count). The highest BCUT2D eigenvalue weighted by Crippen LogP contribution is 2.32. The van der Waals surface area contributed by atoms with Gasteiger partial charge in [-0.2, -0.15) is 0 Å². The fourth-order valence-electron chi connectivity index (χ4n) is 3.30. The number of benzene rings is 1. The number of aromatic nitrogens is 3. The minimum atomic E-state index is -0.539. The van der Waals surface area contributed by atoms with Crippen LogP contribution in [0.25, 0.3) is 21.8 Å². The van der Waals surface area contributed by atoms with Gasteiger partial charge in [0.25, 0.3) is 0 Å². The van der Waals surface area contributed by atoms with Crippen molar-refractivity contribution in [2.75, 3.05) is 17.2 Å². The van der Waals surface area contributed by atoms with Crippen LogP contribution in [-0.2, 0) is 6.54 Å². The van der Waals surface area contributed by atoms with Gasteiger partial charge in [-0.15, -0.1) is 0 Å². The molecule has 1 aromatic carbocycles. The third-order valence-corrected chi connectivity index (χ3v) is 6.05. The zero-order valence-electron chi connectivity index (χ0n) is 19.6. The summed E-state index contributed by atoms with van der Waals surface area (Å²) in [6.45, 7) is 6.55. The van der Waals surface area contributed by atoms with Gasteiger partial charge in [0.2, 0.25) is 5.95 Å². The van der Waals surface area contributed by atoms with Gasteiger partial charge in [-0.3, -0.25) is 0 Å². The summed E-state index contributed by atoms with van der Waals surface area (Å²) in [4.78, 5) is 26.9. The summed E-state index contributed by atoms with van der Waals surface area (Å²) in [6, 6.07) is 10.2. The molecule has 3 aromatic rings. The lowest BCUT2D eigenvalue weighted by atomic mass is 10.0. The Balaban J connectivity index is 1.63. The number of anilines is 2. The Bertz CT molecular complexity index is 1130. The molecule has 2 amide bonds. The van der Waals surface area contributed by atoms with Crippen molar-refractivity contribution in [1.82, 2.24) is 25.6 Å². The average molecular weight is 482 g/mol. The maximum absolute atomic E-state index is 12.1. The molecule has 2 aromatic heterocycles. The zero-order valence-corrected chi connectivity index (χ0v) is 20.4. The third kappa shape index (κ3) is 6.64. The van der Waals surface area contributed by atoms with Crippen molar-refractivity contribution >= 4 is 28.4 Å². The number of hydrogen-bond donors (Lipinski definition) is 5. The second kappa shape index (κ2) is 10.8. The lowest BCUT2D eigenvalue weighted by Crippen LogP contribution is -2.36. The quantitative estimate of drug-likeness (QED) is 0.298. The SMILES string of the molecule is CC(O)CNc1nc(-c2cnc(NC(C)C)s2)cc(-c2ccccc2CNC(=O)NC2CC2)n1. The summed E-state index contributed by atoms with van der Waals surface area (Å²) < 4.78 is 0. The molecule has 34 heavy (non-hydrogen) atoms. The number of hydrogen-bond acceptors (Lipinski definition) is 8. The van der Waals surface area contributed by atoms with E-state index in [4.69, 9.17) is 4.98 Å².